The second kappa shape index (κ2) is 6.24. The number of hydrogen-bond donors (Lipinski definition) is 1. The summed E-state index contributed by atoms with van der Waals surface area (Å²) in [6, 6.07) is 6.96. The Balaban J connectivity index is 2.42. The molecule has 0 aliphatic rings. The lowest BCUT2D eigenvalue weighted by atomic mass is 10.0. The van der Waals surface area contributed by atoms with Crippen molar-refractivity contribution in [1.29, 1.82) is 0 Å². The Kier molecular flexibility index (Phi) is 4.97. The maximum absolute atomic E-state index is 12.5. The molecule has 1 aromatic carbocycles. The summed E-state index contributed by atoms with van der Waals surface area (Å²) < 4.78 is 39.0. The summed E-state index contributed by atoms with van der Waals surface area (Å²) in [6.45, 7) is 0. The van der Waals surface area contributed by atoms with Crippen molar-refractivity contribution < 1.29 is 18.3 Å². The SMILES string of the molecule is OC(c1cc(Br)cc(Br)c1)c1ccc(C(F)(F)F)nc1Cl. The number of aromatic nitrogens is 1. The van der Waals surface area contributed by atoms with Gasteiger partial charge in [0.1, 0.15) is 17.0 Å². The molecule has 0 amide bonds. The molecule has 2 nitrogen and oxygen atoms in total. The van der Waals surface area contributed by atoms with Crippen LogP contribution in [0.4, 0.5) is 13.2 Å². The van der Waals surface area contributed by atoms with Crippen molar-refractivity contribution in [2.75, 3.05) is 0 Å². The highest BCUT2D eigenvalue weighted by Gasteiger charge is 2.33. The quantitative estimate of drug-likeness (QED) is 0.632. The van der Waals surface area contributed by atoms with Crippen LogP contribution in [0.25, 0.3) is 0 Å². The van der Waals surface area contributed by atoms with Crippen molar-refractivity contribution in [3.63, 3.8) is 0 Å². The van der Waals surface area contributed by atoms with Gasteiger partial charge in [0.2, 0.25) is 0 Å². The number of nitrogens with zero attached hydrogens (tertiary/aromatic N) is 1. The van der Waals surface area contributed by atoms with Crippen LogP contribution in [0.15, 0.2) is 39.3 Å². The first kappa shape index (κ1) is 16.7. The molecule has 0 fully saturated rings. The Hall–Kier alpha value is -0.630. The summed E-state index contributed by atoms with van der Waals surface area (Å²) in [5.74, 6) is 0. The number of pyridine rings is 1. The minimum Gasteiger partial charge on any atom is -0.384 e. The lowest BCUT2D eigenvalue weighted by Gasteiger charge is -2.15. The highest BCUT2D eigenvalue weighted by atomic mass is 79.9. The fourth-order valence-electron chi connectivity index (χ4n) is 1.72. The van der Waals surface area contributed by atoms with Crippen LogP contribution >= 0.6 is 43.5 Å². The van der Waals surface area contributed by atoms with E-state index in [4.69, 9.17) is 11.6 Å². The Morgan fingerprint density at radius 3 is 2.14 bits per heavy atom. The number of rotatable bonds is 2. The van der Waals surface area contributed by atoms with E-state index in [2.05, 4.69) is 36.8 Å². The fourth-order valence-corrected chi connectivity index (χ4v) is 3.31. The Morgan fingerprint density at radius 2 is 1.67 bits per heavy atom. The molecule has 8 heteroatoms. The molecular formula is C13H7Br2ClF3NO. The molecular weight excluding hydrogens is 438 g/mol. The van der Waals surface area contributed by atoms with Gasteiger partial charge in [-0.05, 0) is 29.8 Å². The normalized spacial score (nSPS) is 13.3. The van der Waals surface area contributed by atoms with Crippen molar-refractivity contribution >= 4 is 43.5 Å². The summed E-state index contributed by atoms with van der Waals surface area (Å²) >= 11 is 12.3. The molecule has 1 unspecified atom stereocenters. The van der Waals surface area contributed by atoms with Crippen LogP contribution in [0.3, 0.4) is 0 Å². The van der Waals surface area contributed by atoms with Gasteiger partial charge in [-0.2, -0.15) is 13.2 Å². The molecule has 0 saturated heterocycles. The van der Waals surface area contributed by atoms with Gasteiger partial charge in [0.15, 0.2) is 0 Å². The zero-order valence-electron chi connectivity index (χ0n) is 10.1. The van der Waals surface area contributed by atoms with Crippen molar-refractivity contribution in [2.24, 2.45) is 0 Å². The lowest BCUT2D eigenvalue weighted by Crippen LogP contribution is -2.10. The largest absolute Gasteiger partial charge is 0.433 e. The van der Waals surface area contributed by atoms with E-state index in [-0.39, 0.29) is 10.7 Å². The molecule has 0 aliphatic carbocycles. The molecule has 0 radical (unpaired) electrons. The Morgan fingerprint density at radius 1 is 1.10 bits per heavy atom. The van der Waals surface area contributed by atoms with E-state index in [1.165, 1.54) is 0 Å². The summed E-state index contributed by atoms with van der Waals surface area (Å²) in [6.07, 6.45) is -5.76. The third-order valence-electron chi connectivity index (χ3n) is 2.66. The summed E-state index contributed by atoms with van der Waals surface area (Å²) in [7, 11) is 0. The topological polar surface area (TPSA) is 33.1 Å². The van der Waals surface area contributed by atoms with Crippen LogP contribution in [0.2, 0.25) is 5.15 Å². The summed E-state index contributed by atoms with van der Waals surface area (Å²) in [5.41, 5.74) is -0.520. The molecule has 0 saturated carbocycles. The maximum atomic E-state index is 12.5. The van der Waals surface area contributed by atoms with E-state index < -0.39 is 18.0 Å². The molecule has 1 aromatic heterocycles. The fraction of sp³-hybridized carbons (Fsp3) is 0.154. The van der Waals surface area contributed by atoms with Crippen LogP contribution in [0, 0.1) is 0 Å². The van der Waals surface area contributed by atoms with Gasteiger partial charge in [0.05, 0.1) is 0 Å². The number of aliphatic hydroxyl groups is 1. The van der Waals surface area contributed by atoms with Crippen LogP contribution in [0.5, 0.6) is 0 Å². The monoisotopic (exact) mass is 443 g/mol. The first-order valence-corrected chi connectivity index (χ1v) is 7.52. The van der Waals surface area contributed by atoms with Crippen molar-refractivity contribution in [3.05, 3.63) is 61.3 Å². The van der Waals surface area contributed by atoms with Crippen molar-refractivity contribution in [3.8, 4) is 0 Å². The first-order valence-electron chi connectivity index (χ1n) is 5.56. The van der Waals surface area contributed by atoms with Gasteiger partial charge in [-0.3, -0.25) is 0 Å². The lowest BCUT2D eigenvalue weighted by molar-refractivity contribution is -0.141. The average molecular weight is 445 g/mol. The molecule has 0 aliphatic heterocycles. The third kappa shape index (κ3) is 3.97. The minimum absolute atomic E-state index is 0.106. The van der Waals surface area contributed by atoms with Crippen molar-refractivity contribution in [1.82, 2.24) is 4.98 Å². The highest BCUT2D eigenvalue weighted by molar-refractivity contribution is 9.11. The number of benzene rings is 1. The van der Waals surface area contributed by atoms with Gasteiger partial charge < -0.3 is 5.11 Å². The molecule has 1 heterocycles. The predicted molar refractivity (Wildman–Crippen MR) is 80.2 cm³/mol. The highest BCUT2D eigenvalue weighted by Crippen LogP contribution is 2.34. The number of hydrogen-bond acceptors (Lipinski definition) is 2. The zero-order valence-corrected chi connectivity index (χ0v) is 14.1. The number of halogens is 6. The smallest absolute Gasteiger partial charge is 0.384 e. The zero-order chi connectivity index (χ0) is 15.8. The molecule has 0 spiro atoms. The van der Waals surface area contributed by atoms with E-state index in [1.807, 2.05) is 0 Å². The number of aliphatic hydroxyl groups excluding tert-OH is 1. The van der Waals surface area contributed by atoms with E-state index in [0.29, 0.717) is 14.5 Å². The molecule has 2 rings (SSSR count). The first-order chi connectivity index (χ1) is 9.68. The van der Waals surface area contributed by atoms with Gasteiger partial charge >= 0.3 is 6.18 Å². The summed E-state index contributed by atoms with van der Waals surface area (Å²) in [4.78, 5) is 3.29. The minimum atomic E-state index is -4.58. The van der Waals surface area contributed by atoms with E-state index in [9.17, 15) is 18.3 Å². The molecule has 0 bridgehead atoms. The second-order valence-corrected chi connectivity index (χ2v) is 6.37. The standard InChI is InChI=1S/C13H7Br2ClF3NO/c14-7-3-6(4-8(15)5-7)11(21)9-1-2-10(13(17,18)19)20-12(9)16/h1-5,11,21H. The molecule has 1 atom stereocenters. The second-order valence-electron chi connectivity index (χ2n) is 4.18. The maximum Gasteiger partial charge on any atom is 0.433 e. The Labute approximate surface area is 140 Å². The van der Waals surface area contributed by atoms with Gasteiger partial charge in [-0.25, -0.2) is 4.98 Å². The van der Waals surface area contributed by atoms with E-state index in [0.717, 1.165) is 12.1 Å². The molecule has 112 valence electrons. The van der Waals surface area contributed by atoms with Gasteiger partial charge in [-0.15, -0.1) is 0 Å². The Bertz CT molecular complexity index is 659. The van der Waals surface area contributed by atoms with Crippen LogP contribution in [-0.4, -0.2) is 10.1 Å². The van der Waals surface area contributed by atoms with Crippen LogP contribution in [0.1, 0.15) is 22.9 Å². The third-order valence-corrected chi connectivity index (χ3v) is 3.88. The molecule has 21 heavy (non-hydrogen) atoms. The van der Waals surface area contributed by atoms with Crippen LogP contribution in [-0.2, 0) is 6.18 Å². The van der Waals surface area contributed by atoms with Gasteiger partial charge in [0.25, 0.3) is 0 Å². The molecule has 1 N–H and O–H groups in total. The van der Waals surface area contributed by atoms with Crippen LogP contribution < -0.4 is 0 Å². The predicted octanol–water partition coefficient (Wildman–Crippen LogP) is 5.36. The number of alkyl halides is 3. The van der Waals surface area contributed by atoms with Crippen molar-refractivity contribution in [2.45, 2.75) is 12.3 Å². The van der Waals surface area contributed by atoms with Gasteiger partial charge in [-0.1, -0.05) is 49.5 Å². The molecule has 2 aromatic rings. The van der Waals surface area contributed by atoms with E-state index >= 15 is 0 Å². The van der Waals surface area contributed by atoms with Gasteiger partial charge in [0, 0.05) is 14.5 Å². The average Bonchev–Trinajstić information content (AvgIpc) is 2.35. The summed E-state index contributed by atoms with van der Waals surface area (Å²) in [5, 5.41) is 9.89. The van der Waals surface area contributed by atoms with E-state index in [1.54, 1.807) is 18.2 Å².